The van der Waals surface area contributed by atoms with Crippen molar-refractivity contribution in [2.75, 3.05) is 11.5 Å². The monoisotopic (exact) mass is 525 g/mol. The fourth-order valence-corrected chi connectivity index (χ4v) is 6.15. The number of sulfone groups is 1. The molecule has 0 spiro atoms. The molecule has 12 heteroatoms. The van der Waals surface area contributed by atoms with Crippen LogP contribution >= 0.6 is 0 Å². The summed E-state index contributed by atoms with van der Waals surface area (Å²) in [4.78, 5) is 26.4. The van der Waals surface area contributed by atoms with E-state index in [1.165, 1.54) is 34.9 Å². The average Bonchev–Trinajstić information content (AvgIpc) is 3.08. The van der Waals surface area contributed by atoms with Gasteiger partial charge in [0, 0.05) is 23.2 Å². The highest BCUT2D eigenvalue weighted by molar-refractivity contribution is 7.91. The molecule has 0 unspecified atom stereocenters. The number of imidazole rings is 1. The average molecular weight is 526 g/mol. The van der Waals surface area contributed by atoms with Crippen molar-refractivity contribution in [2.45, 2.75) is 51.8 Å². The molecule has 0 saturated carbocycles. The van der Waals surface area contributed by atoms with Gasteiger partial charge in [-0.3, -0.25) is 13.9 Å². The van der Waals surface area contributed by atoms with E-state index in [-0.39, 0.29) is 52.4 Å². The number of hydrogen-bond acceptors (Lipinski definition) is 5. The van der Waals surface area contributed by atoms with Crippen molar-refractivity contribution in [1.82, 2.24) is 14.5 Å². The van der Waals surface area contributed by atoms with Crippen LogP contribution in [0, 0.1) is 5.82 Å². The lowest BCUT2D eigenvalue weighted by molar-refractivity contribution is -0.0498. The predicted molar refractivity (Wildman–Crippen MR) is 128 cm³/mol. The molecule has 36 heavy (non-hydrogen) atoms. The molecule has 3 aromatic rings. The lowest BCUT2D eigenvalue weighted by Gasteiger charge is -2.34. The number of amides is 1. The Balaban J connectivity index is 1.79. The molecule has 1 fully saturated rings. The highest BCUT2D eigenvalue weighted by Gasteiger charge is 2.35. The first kappa shape index (κ1) is 25.8. The Morgan fingerprint density at radius 2 is 1.81 bits per heavy atom. The number of fused-ring (bicyclic) bond motifs is 1. The summed E-state index contributed by atoms with van der Waals surface area (Å²) in [6.07, 6.45) is 0.464. The SMILES string of the molecule is CC(C)n1c(=O)n(-c2cccc(OC(F)F)c2)c2c(F)cc(C(=O)NC3(C)CCS(=O)(=O)CC3)cc21. The molecule has 0 bridgehead atoms. The van der Waals surface area contributed by atoms with Gasteiger partial charge in [0.2, 0.25) is 0 Å². The lowest BCUT2D eigenvalue weighted by atomic mass is 9.94. The van der Waals surface area contributed by atoms with E-state index in [9.17, 15) is 26.8 Å². The van der Waals surface area contributed by atoms with Crippen molar-refractivity contribution in [3.63, 3.8) is 0 Å². The second kappa shape index (κ2) is 9.30. The molecule has 8 nitrogen and oxygen atoms in total. The number of alkyl halides is 2. The molecule has 1 aliphatic heterocycles. The molecule has 0 atom stereocenters. The number of carbonyl (C=O) groups excluding carboxylic acids is 1. The zero-order valence-electron chi connectivity index (χ0n) is 19.9. The predicted octanol–water partition coefficient (Wildman–Crippen LogP) is 3.81. The number of nitrogens with one attached hydrogen (secondary N) is 1. The van der Waals surface area contributed by atoms with Gasteiger partial charge in [0.15, 0.2) is 0 Å². The Kier molecular flexibility index (Phi) is 6.67. The van der Waals surface area contributed by atoms with E-state index >= 15 is 4.39 Å². The normalized spacial score (nSPS) is 17.0. The minimum Gasteiger partial charge on any atom is -0.435 e. The van der Waals surface area contributed by atoms with Crippen LogP contribution in [0.2, 0.25) is 0 Å². The lowest BCUT2D eigenvalue weighted by Crippen LogP contribution is -2.50. The van der Waals surface area contributed by atoms with Gasteiger partial charge in [0.25, 0.3) is 5.91 Å². The minimum atomic E-state index is -3.15. The Morgan fingerprint density at radius 3 is 2.42 bits per heavy atom. The molecule has 0 radical (unpaired) electrons. The van der Waals surface area contributed by atoms with Crippen LogP contribution in [-0.2, 0) is 9.84 Å². The molecule has 1 saturated heterocycles. The Hall–Kier alpha value is -3.28. The van der Waals surface area contributed by atoms with Crippen LogP contribution in [0.5, 0.6) is 5.75 Å². The fraction of sp³-hybridized carbons (Fsp3) is 0.417. The van der Waals surface area contributed by atoms with Crippen LogP contribution in [0.3, 0.4) is 0 Å². The number of rotatable bonds is 6. The van der Waals surface area contributed by atoms with Gasteiger partial charge in [-0.15, -0.1) is 0 Å². The van der Waals surface area contributed by atoms with Crippen LogP contribution in [0.15, 0.2) is 41.2 Å². The minimum absolute atomic E-state index is 0.0315. The summed E-state index contributed by atoms with van der Waals surface area (Å²) in [5.74, 6) is -1.76. The number of aromatic nitrogens is 2. The zero-order valence-corrected chi connectivity index (χ0v) is 20.7. The summed E-state index contributed by atoms with van der Waals surface area (Å²) in [7, 11) is -3.15. The maximum Gasteiger partial charge on any atom is 0.387 e. The van der Waals surface area contributed by atoms with E-state index < -0.39 is 45.4 Å². The van der Waals surface area contributed by atoms with Crippen molar-refractivity contribution in [2.24, 2.45) is 0 Å². The summed E-state index contributed by atoms with van der Waals surface area (Å²) in [6.45, 7) is 2.10. The van der Waals surface area contributed by atoms with Crippen molar-refractivity contribution in [1.29, 1.82) is 0 Å². The largest absolute Gasteiger partial charge is 0.435 e. The van der Waals surface area contributed by atoms with Crippen LogP contribution in [0.1, 0.15) is 50.0 Å². The van der Waals surface area contributed by atoms with E-state index in [1.807, 2.05) is 0 Å². The molecular formula is C24H26F3N3O5S. The number of nitrogens with zero attached hydrogens (tertiary/aromatic N) is 2. The Labute approximate surface area is 205 Å². The standard InChI is InChI=1S/C24H26F3N3O5S/c1-14(2)29-19-12-15(21(31)28-24(3)7-9-36(33,34)10-8-24)11-18(25)20(19)30(23(29)32)16-5-4-6-17(13-16)35-22(26)27/h4-6,11-14,22H,7-10H2,1-3H3,(H,28,31). The molecule has 1 aliphatic rings. The number of halogens is 3. The molecule has 4 rings (SSSR count). The van der Waals surface area contributed by atoms with E-state index in [4.69, 9.17) is 0 Å². The molecule has 1 N–H and O–H groups in total. The second-order valence-electron chi connectivity index (χ2n) is 9.45. The van der Waals surface area contributed by atoms with Gasteiger partial charge in [-0.2, -0.15) is 8.78 Å². The van der Waals surface area contributed by atoms with Gasteiger partial charge < -0.3 is 10.1 Å². The molecular weight excluding hydrogens is 499 g/mol. The van der Waals surface area contributed by atoms with E-state index in [1.54, 1.807) is 20.8 Å². The highest BCUT2D eigenvalue weighted by Crippen LogP contribution is 2.28. The molecule has 194 valence electrons. The zero-order chi connectivity index (χ0) is 26.4. The van der Waals surface area contributed by atoms with Crippen LogP contribution in [0.25, 0.3) is 16.7 Å². The van der Waals surface area contributed by atoms with E-state index in [0.29, 0.717) is 0 Å². The summed E-state index contributed by atoms with van der Waals surface area (Å²) in [5, 5.41) is 2.82. The summed E-state index contributed by atoms with van der Waals surface area (Å²) >= 11 is 0. The van der Waals surface area contributed by atoms with Gasteiger partial charge in [0.1, 0.15) is 26.9 Å². The Morgan fingerprint density at radius 1 is 1.14 bits per heavy atom. The topological polar surface area (TPSA) is 99.4 Å². The van der Waals surface area contributed by atoms with Crippen LogP contribution in [-0.4, -0.2) is 47.1 Å². The first-order chi connectivity index (χ1) is 16.8. The Bertz CT molecular complexity index is 1480. The van der Waals surface area contributed by atoms with Crippen molar-refractivity contribution >= 4 is 26.8 Å². The summed E-state index contributed by atoms with van der Waals surface area (Å²) in [6, 6.07) is 7.34. The van der Waals surface area contributed by atoms with Crippen LogP contribution < -0.4 is 15.7 Å². The number of ether oxygens (including phenoxy) is 1. The maximum absolute atomic E-state index is 15.5. The maximum atomic E-state index is 15.5. The third-order valence-corrected chi connectivity index (χ3v) is 8.00. The smallest absolute Gasteiger partial charge is 0.387 e. The van der Waals surface area contributed by atoms with Crippen LogP contribution in [0.4, 0.5) is 13.2 Å². The number of benzene rings is 2. The highest BCUT2D eigenvalue weighted by atomic mass is 32.2. The third kappa shape index (κ3) is 4.99. The fourth-order valence-electron chi connectivity index (χ4n) is 4.42. The first-order valence-corrected chi connectivity index (χ1v) is 13.2. The molecule has 2 heterocycles. The molecule has 2 aromatic carbocycles. The quantitative estimate of drug-likeness (QED) is 0.528. The van der Waals surface area contributed by atoms with Gasteiger partial charge in [-0.05, 0) is 57.9 Å². The summed E-state index contributed by atoms with van der Waals surface area (Å²) < 4.78 is 71.2. The third-order valence-electron chi connectivity index (χ3n) is 6.35. The number of hydrogen-bond donors (Lipinski definition) is 1. The van der Waals surface area contributed by atoms with Gasteiger partial charge >= 0.3 is 12.3 Å². The van der Waals surface area contributed by atoms with E-state index in [0.717, 1.165) is 10.6 Å². The van der Waals surface area contributed by atoms with Crippen molar-refractivity contribution in [3.8, 4) is 11.4 Å². The van der Waals surface area contributed by atoms with Gasteiger partial charge in [-0.25, -0.2) is 17.6 Å². The summed E-state index contributed by atoms with van der Waals surface area (Å²) in [5.41, 5.74) is -1.27. The molecule has 1 aromatic heterocycles. The molecule has 0 aliphatic carbocycles. The second-order valence-corrected chi connectivity index (χ2v) is 11.8. The van der Waals surface area contributed by atoms with Gasteiger partial charge in [0.05, 0.1) is 22.7 Å². The van der Waals surface area contributed by atoms with E-state index in [2.05, 4.69) is 10.1 Å². The number of carbonyl (C=O) groups is 1. The van der Waals surface area contributed by atoms with Crippen molar-refractivity contribution in [3.05, 3.63) is 58.3 Å². The first-order valence-electron chi connectivity index (χ1n) is 11.3. The van der Waals surface area contributed by atoms with Crippen molar-refractivity contribution < 1.29 is 31.1 Å². The van der Waals surface area contributed by atoms with Gasteiger partial charge in [-0.1, -0.05) is 6.07 Å². The molecule has 1 amide bonds.